The summed E-state index contributed by atoms with van der Waals surface area (Å²) in [6.45, 7) is 3.11. The Hall–Kier alpha value is -2.47. The third-order valence-corrected chi connectivity index (χ3v) is 8.70. The van der Waals surface area contributed by atoms with Gasteiger partial charge in [0, 0.05) is 25.3 Å². The Kier molecular flexibility index (Phi) is 8.11. The monoisotopic (exact) mass is 495 g/mol. The summed E-state index contributed by atoms with van der Waals surface area (Å²) in [6.07, 6.45) is 3.28. The molecule has 33 heavy (non-hydrogen) atoms. The van der Waals surface area contributed by atoms with Crippen molar-refractivity contribution in [1.29, 1.82) is 0 Å². The molecule has 0 aromatic heterocycles. The molecule has 0 bridgehead atoms. The van der Waals surface area contributed by atoms with Crippen molar-refractivity contribution in [3.8, 4) is 5.75 Å². The van der Waals surface area contributed by atoms with Gasteiger partial charge in [-0.05, 0) is 61.7 Å². The van der Waals surface area contributed by atoms with E-state index in [9.17, 15) is 21.6 Å². The van der Waals surface area contributed by atoms with Crippen molar-refractivity contribution in [2.75, 3.05) is 32.1 Å². The lowest BCUT2D eigenvalue weighted by atomic mass is 10.2. The van der Waals surface area contributed by atoms with Gasteiger partial charge >= 0.3 is 0 Å². The first-order valence-electron chi connectivity index (χ1n) is 10.8. The lowest BCUT2D eigenvalue weighted by Crippen LogP contribution is -2.35. The predicted octanol–water partition coefficient (Wildman–Crippen LogP) is 2.81. The SMILES string of the molecule is CCCNS(=O)(=O)c1ccc(NC(=O)c2cc(S(=O)(=O)N3CCCCC3)ccc2OC)cc1. The minimum absolute atomic E-state index is 0.0267. The molecule has 0 atom stereocenters. The summed E-state index contributed by atoms with van der Waals surface area (Å²) in [5.74, 6) is -0.338. The second kappa shape index (κ2) is 10.6. The summed E-state index contributed by atoms with van der Waals surface area (Å²) in [6, 6.07) is 9.93. The summed E-state index contributed by atoms with van der Waals surface area (Å²) >= 11 is 0. The second-order valence-electron chi connectivity index (χ2n) is 7.70. The van der Waals surface area contributed by atoms with Crippen molar-refractivity contribution < 1.29 is 26.4 Å². The van der Waals surface area contributed by atoms with Crippen LogP contribution in [0, 0.1) is 0 Å². The molecule has 2 N–H and O–H groups in total. The van der Waals surface area contributed by atoms with Crippen LogP contribution in [0.25, 0.3) is 0 Å². The highest BCUT2D eigenvalue weighted by Gasteiger charge is 2.27. The molecule has 0 spiro atoms. The Balaban J connectivity index is 1.82. The molecule has 2 aromatic rings. The smallest absolute Gasteiger partial charge is 0.259 e. The summed E-state index contributed by atoms with van der Waals surface area (Å²) in [5.41, 5.74) is 0.428. The van der Waals surface area contributed by atoms with Crippen molar-refractivity contribution in [3.05, 3.63) is 48.0 Å². The van der Waals surface area contributed by atoms with Gasteiger partial charge in [-0.25, -0.2) is 21.6 Å². The van der Waals surface area contributed by atoms with Crippen LogP contribution in [0.5, 0.6) is 5.75 Å². The fourth-order valence-electron chi connectivity index (χ4n) is 3.51. The van der Waals surface area contributed by atoms with Gasteiger partial charge in [-0.2, -0.15) is 4.31 Å². The van der Waals surface area contributed by atoms with Crippen LogP contribution in [0.3, 0.4) is 0 Å². The number of hydrogen-bond acceptors (Lipinski definition) is 6. The number of carbonyl (C=O) groups is 1. The molecular weight excluding hydrogens is 466 g/mol. The fraction of sp³-hybridized carbons (Fsp3) is 0.409. The minimum atomic E-state index is -3.72. The second-order valence-corrected chi connectivity index (χ2v) is 11.4. The lowest BCUT2D eigenvalue weighted by Gasteiger charge is -2.26. The molecule has 9 nitrogen and oxygen atoms in total. The van der Waals surface area contributed by atoms with E-state index in [1.54, 1.807) is 0 Å². The lowest BCUT2D eigenvalue weighted by molar-refractivity contribution is 0.102. The third kappa shape index (κ3) is 5.91. The molecule has 180 valence electrons. The molecule has 11 heteroatoms. The van der Waals surface area contributed by atoms with Gasteiger partial charge in [-0.1, -0.05) is 13.3 Å². The van der Waals surface area contributed by atoms with E-state index >= 15 is 0 Å². The summed E-state index contributed by atoms with van der Waals surface area (Å²) in [7, 11) is -5.94. The highest BCUT2D eigenvalue weighted by atomic mass is 32.2. The topological polar surface area (TPSA) is 122 Å². The number of carbonyl (C=O) groups excluding carboxylic acids is 1. The van der Waals surface area contributed by atoms with Gasteiger partial charge in [-0.15, -0.1) is 0 Å². The van der Waals surface area contributed by atoms with Crippen molar-refractivity contribution in [1.82, 2.24) is 9.03 Å². The van der Waals surface area contributed by atoms with Crippen LogP contribution in [0.1, 0.15) is 43.0 Å². The Labute approximate surface area is 195 Å². The van der Waals surface area contributed by atoms with Crippen molar-refractivity contribution in [2.45, 2.75) is 42.4 Å². The maximum absolute atomic E-state index is 13.0. The van der Waals surface area contributed by atoms with Gasteiger partial charge in [0.05, 0.1) is 22.5 Å². The quantitative estimate of drug-likeness (QED) is 0.552. The van der Waals surface area contributed by atoms with Crippen LogP contribution in [0.2, 0.25) is 0 Å². The maximum atomic E-state index is 13.0. The molecule has 0 saturated carbocycles. The zero-order valence-corrected chi connectivity index (χ0v) is 20.3. The molecule has 0 unspecified atom stereocenters. The molecule has 1 aliphatic rings. The first-order chi connectivity index (χ1) is 15.7. The number of sulfonamides is 2. The summed E-state index contributed by atoms with van der Waals surface area (Å²) < 4.78 is 59.6. The van der Waals surface area contributed by atoms with Crippen molar-refractivity contribution in [3.63, 3.8) is 0 Å². The number of anilines is 1. The molecule has 1 heterocycles. The number of piperidine rings is 1. The molecule has 2 aromatic carbocycles. The van der Waals surface area contributed by atoms with E-state index in [4.69, 9.17) is 4.74 Å². The van der Waals surface area contributed by atoms with Gasteiger partial charge in [-0.3, -0.25) is 4.79 Å². The van der Waals surface area contributed by atoms with Gasteiger partial charge in [0.1, 0.15) is 5.75 Å². The van der Waals surface area contributed by atoms with Crippen LogP contribution in [0.15, 0.2) is 52.3 Å². The van der Waals surface area contributed by atoms with Gasteiger partial charge in [0.25, 0.3) is 5.91 Å². The molecule has 1 saturated heterocycles. The third-order valence-electron chi connectivity index (χ3n) is 5.33. The van der Waals surface area contributed by atoms with E-state index in [0.29, 0.717) is 31.7 Å². The number of ether oxygens (including phenoxy) is 1. The fourth-order valence-corrected chi connectivity index (χ4v) is 6.19. The Bertz CT molecular complexity index is 1190. The highest BCUT2D eigenvalue weighted by Crippen LogP contribution is 2.27. The van der Waals surface area contributed by atoms with Crippen LogP contribution in [-0.4, -0.2) is 53.8 Å². The predicted molar refractivity (Wildman–Crippen MR) is 125 cm³/mol. The van der Waals surface area contributed by atoms with E-state index in [1.165, 1.54) is 53.9 Å². The number of amides is 1. The molecule has 3 rings (SSSR count). The van der Waals surface area contributed by atoms with E-state index in [1.807, 2.05) is 6.92 Å². The number of nitrogens with zero attached hydrogens (tertiary/aromatic N) is 1. The Morgan fingerprint density at radius 1 is 0.970 bits per heavy atom. The van der Waals surface area contributed by atoms with E-state index in [-0.39, 0.29) is 21.1 Å². The van der Waals surface area contributed by atoms with Gasteiger partial charge < -0.3 is 10.1 Å². The molecule has 0 aliphatic carbocycles. The molecular formula is C22H29N3O6S2. The average molecular weight is 496 g/mol. The number of rotatable bonds is 9. The molecule has 1 aliphatic heterocycles. The number of methoxy groups -OCH3 is 1. The Morgan fingerprint density at radius 2 is 1.61 bits per heavy atom. The van der Waals surface area contributed by atoms with Crippen molar-refractivity contribution in [2.24, 2.45) is 0 Å². The highest BCUT2D eigenvalue weighted by molar-refractivity contribution is 7.89. The van der Waals surface area contributed by atoms with Crippen LogP contribution in [-0.2, 0) is 20.0 Å². The number of hydrogen-bond donors (Lipinski definition) is 2. The number of nitrogens with one attached hydrogen (secondary N) is 2. The summed E-state index contributed by atoms with van der Waals surface area (Å²) in [5, 5.41) is 2.67. The van der Waals surface area contributed by atoms with Gasteiger partial charge in [0.15, 0.2) is 0 Å². The average Bonchev–Trinajstić information content (AvgIpc) is 2.83. The molecule has 1 amide bonds. The largest absolute Gasteiger partial charge is 0.496 e. The van der Waals surface area contributed by atoms with E-state index in [2.05, 4.69) is 10.0 Å². The maximum Gasteiger partial charge on any atom is 0.259 e. The first-order valence-corrected chi connectivity index (χ1v) is 13.7. The van der Waals surface area contributed by atoms with Crippen molar-refractivity contribution >= 4 is 31.6 Å². The minimum Gasteiger partial charge on any atom is -0.496 e. The molecule has 1 fully saturated rings. The van der Waals surface area contributed by atoms with Crippen LogP contribution >= 0.6 is 0 Å². The zero-order chi connectivity index (χ0) is 24.1. The van der Waals surface area contributed by atoms with Gasteiger partial charge in [0.2, 0.25) is 20.0 Å². The summed E-state index contributed by atoms with van der Waals surface area (Å²) in [4.78, 5) is 13.1. The molecule has 0 radical (unpaired) electrons. The Morgan fingerprint density at radius 3 is 2.21 bits per heavy atom. The zero-order valence-electron chi connectivity index (χ0n) is 18.7. The van der Waals surface area contributed by atoms with Crippen LogP contribution in [0.4, 0.5) is 5.69 Å². The number of benzene rings is 2. The van der Waals surface area contributed by atoms with E-state index in [0.717, 1.165) is 19.3 Å². The van der Waals surface area contributed by atoms with Crippen LogP contribution < -0.4 is 14.8 Å². The van der Waals surface area contributed by atoms with E-state index < -0.39 is 26.0 Å². The normalized spacial score (nSPS) is 15.2. The standard InChI is InChI=1S/C22H29N3O6S2/c1-3-13-23-32(27,28)18-9-7-17(8-10-18)24-22(26)20-16-19(11-12-21(20)31-2)33(29,30)25-14-5-4-6-15-25/h7-12,16,23H,3-6,13-15H2,1-2H3,(H,24,26). The first kappa shape index (κ1) is 25.2.